The molecule has 1 heterocycles. The number of carbonyl (C=O) groups is 3. The van der Waals surface area contributed by atoms with E-state index in [0.717, 1.165) is 12.1 Å². The first kappa shape index (κ1) is 18.9. The van der Waals surface area contributed by atoms with Crippen molar-refractivity contribution in [3.63, 3.8) is 0 Å². The molecule has 0 fully saturated rings. The maximum absolute atomic E-state index is 13.0. The molecule has 2 rings (SSSR count). The zero-order valence-electron chi connectivity index (χ0n) is 13.7. The number of aryl methyl sites for hydroxylation is 1. The van der Waals surface area contributed by atoms with E-state index in [1.54, 1.807) is 13.8 Å². The Kier molecular flexibility index (Phi) is 5.73. The van der Waals surface area contributed by atoms with Crippen LogP contribution in [0.25, 0.3) is 0 Å². The van der Waals surface area contributed by atoms with Gasteiger partial charge in [0.15, 0.2) is 6.61 Å². The summed E-state index contributed by atoms with van der Waals surface area (Å²) in [5.41, 5.74) is 1.46. The van der Waals surface area contributed by atoms with Crippen LogP contribution in [0.15, 0.2) is 22.7 Å². The Bertz CT molecular complexity index is 859. The Balaban J connectivity index is 2.13. The van der Waals surface area contributed by atoms with Crippen LogP contribution in [0.2, 0.25) is 0 Å². The first-order valence-electron chi connectivity index (χ1n) is 7.19. The Morgan fingerprint density at radius 3 is 2.48 bits per heavy atom. The fraction of sp³-hybridized carbons (Fsp3) is 0.235. The van der Waals surface area contributed by atoms with Crippen molar-refractivity contribution in [3.05, 3.63) is 56.6 Å². The standard InChI is InChI=1S/C17H15BrFNO5/c1-8-14(17(23)24-3)9(2)20-15(8)13(21)7-25-16(22)11-5-4-10(19)6-12(11)18/h4-6,20H,7H2,1-3H3. The highest BCUT2D eigenvalue weighted by Gasteiger charge is 2.23. The minimum Gasteiger partial charge on any atom is -0.465 e. The number of Topliss-reactive ketones (excluding diaryl/α,β-unsaturated/α-hetero) is 1. The molecule has 1 aromatic carbocycles. The number of hydrogen-bond acceptors (Lipinski definition) is 5. The van der Waals surface area contributed by atoms with Crippen molar-refractivity contribution in [2.24, 2.45) is 0 Å². The van der Waals surface area contributed by atoms with Gasteiger partial charge in [0.25, 0.3) is 0 Å². The molecule has 0 amide bonds. The first-order chi connectivity index (χ1) is 11.8. The molecule has 0 radical (unpaired) electrons. The zero-order valence-corrected chi connectivity index (χ0v) is 15.3. The maximum atomic E-state index is 13.0. The van der Waals surface area contributed by atoms with Gasteiger partial charge in [0, 0.05) is 10.2 Å². The minimum absolute atomic E-state index is 0.101. The number of rotatable bonds is 5. The van der Waals surface area contributed by atoms with Gasteiger partial charge in [0.05, 0.1) is 23.9 Å². The molecule has 0 atom stereocenters. The molecule has 132 valence electrons. The summed E-state index contributed by atoms with van der Waals surface area (Å²) in [6.07, 6.45) is 0. The van der Waals surface area contributed by atoms with Gasteiger partial charge in [-0.05, 0) is 53.5 Å². The summed E-state index contributed by atoms with van der Waals surface area (Å²) in [4.78, 5) is 38.8. The molecule has 0 saturated carbocycles. The van der Waals surface area contributed by atoms with Gasteiger partial charge < -0.3 is 14.5 Å². The van der Waals surface area contributed by atoms with Crippen LogP contribution in [0.3, 0.4) is 0 Å². The van der Waals surface area contributed by atoms with Crippen molar-refractivity contribution in [2.45, 2.75) is 13.8 Å². The molecule has 0 spiro atoms. The Labute approximate surface area is 151 Å². The van der Waals surface area contributed by atoms with Crippen molar-refractivity contribution < 1.29 is 28.2 Å². The lowest BCUT2D eigenvalue weighted by Gasteiger charge is -2.06. The number of ketones is 1. The molecule has 0 bridgehead atoms. The second-order valence-corrected chi connectivity index (χ2v) is 6.09. The molecular formula is C17H15BrFNO5. The zero-order chi connectivity index (χ0) is 18.7. The van der Waals surface area contributed by atoms with Crippen LogP contribution in [0.4, 0.5) is 4.39 Å². The molecule has 2 aromatic rings. The number of halogens is 2. The number of benzene rings is 1. The Morgan fingerprint density at radius 1 is 1.20 bits per heavy atom. The minimum atomic E-state index is -0.769. The quantitative estimate of drug-likeness (QED) is 0.602. The Morgan fingerprint density at radius 2 is 1.88 bits per heavy atom. The van der Waals surface area contributed by atoms with Crippen LogP contribution >= 0.6 is 15.9 Å². The number of hydrogen-bond donors (Lipinski definition) is 1. The van der Waals surface area contributed by atoms with E-state index in [4.69, 9.17) is 4.74 Å². The van der Waals surface area contributed by atoms with Gasteiger partial charge >= 0.3 is 11.9 Å². The number of H-pyrrole nitrogens is 1. The highest BCUT2D eigenvalue weighted by molar-refractivity contribution is 9.10. The third kappa shape index (κ3) is 3.96. The van der Waals surface area contributed by atoms with Crippen LogP contribution in [0, 0.1) is 19.7 Å². The van der Waals surface area contributed by atoms with Crippen LogP contribution in [0.1, 0.15) is 42.5 Å². The van der Waals surface area contributed by atoms with Crippen LogP contribution in [0.5, 0.6) is 0 Å². The van der Waals surface area contributed by atoms with E-state index in [1.165, 1.54) is 13.2 Å². The van der Waals surface area contributed by atoms with Gasteiger partial charge in [-0.3, -0.25) is 4.79 Å². The van der Waals surface area contributed by atoms with Crippen molar-refractivity contribution in [1.82, 2.24) is 4.98 Å². The lowest BCUT2D eigenvalue weighted by atomic mass is 10.1. The summed E-state index contributed by atoms with van der Waals surface area (Å²) >= 11 is 3.06. The number of carbonyl (C=O) groups excluding carboxylic acids is 3. The average Bonchev–Trinajstić information content (AvgIpc) is 2.86. The van der Waals surface area contributed by atoms with E-state index in [9.17, 15) is 18.8 Å². The predicted molar refractivity (Wildman–Crippen MR) is 90.3 cm³/mol. The predicted octanol–water partition coefficient (Wildman–Crippen LogP) is 3.36. The molecule has 0 aliphatic heterocycles. The summed E-state index contributed by atoms with van der Waals surface area (Å²) in [6.45, 7) is 2.71. The number of aromatic nitrogens is 1. The number of ether oxygens (including phenoxy) is 2. The normalized spacial score (nSPS) is 10.4. The SMILES string of the molecule is COC(=O)c1c(C)[nH]c(C(=O)COC(=O)c2ccc(F)cc2Br)c1C. The molecular weight excluding hydrogens is 397 g/mol. The number of methoxy groups -OCH3 is 1. The van der Waals surface area contributed by atoms with Crippen molar-refractivity contribution >= 4 is 33.7 Å². The van der Waals surface area contributed by atoms with Crippen LogP contribution in [-0.4, -0.2) is 36.4 Å². The molecule has 0 aliphatic carbocycles. The molecule has 1 N–H and O–H groups in total. The smallest absolute Gasteiger partial charge is 0.339 e. The van der Waals surface area contributed by atoms with E-state index in [2.05, 4.69) is 25.7 Å². The van der Waals surface area contributed by atoms with E-state index >= 15 is 0 Å². The highest BCUT2D eigenvalue weighted by atomic mass is 79.9. The van der Waals surface area contributed by atoms with Crippen molar-refractivity contribution in [3.8, 4) is 0 Å². The first-order valence-corrected chi connectivity index (χ1v) is 7.98. The van der Waals surface area contributed by atoms with E-state index in [0.29, 0.717) is 11.3 Å². The van der Waals surface area contributed by atoms with Crippen LogP contribution < -0.4 is 0 Å². The monoisotopic (exact) mass is 411 g/mol. The topological polar surface area (TPSA) is 85.5 Å². The summed E-state index contributed by atoms with van der Waals surface area (Å²) in [5.74, 6) is -2.33. The summed E-state index contributed by atoms with van der Waals surface area (Å²) < 4.78 is 22.9. The lowest BCUT2D eigenvalue weighted by Crippen LogP contribution is -2.16. The average molecular weight is 412 g/mol. The molecule has 0 aliphatic rings. The van der Waals surface area contributed by atoms with Crippen molar-refractivity contribution in [2.75, 3.05) is 13.7 Å². The third-order valence-corrected chi connectivity index (χ3v) is 4.25. The van der Waals surface area contributed by atoms with Gasteiger partial charge in [-0.15, -0.1) is 0 Å². The Hall–Kier alpha value is -2.48. The molecule has 1 aromatic heterocycles. The third-order valence-electron chi connectivity index (χ3n) is 3.59. The molecule has 6 nitrogen and oxygen atoms in total. The second-order valence-electron chi connectivity index (χ2n) is 5.24. The fourth-order valence-electron chi connectivity index (χ4n) is 2.37. The van der Waals surface area contributed by atoms with Gasteiger partial charge in [-0.25, -0.2) is 14.0 Å². The molecule has 8 heteroatoms. The van der Waals surface area contributed by atoms with Gasteiger partial charge in [0.2, 0.25) is 5.78 Å². The van der Waals surface area contributed by atoms with Gasteiger partial charge in [0.1, 0.15) is 5.82 Å². The fourth-order valence-corrected chi connectivity index (χ4v) is 2.89. The number of aromatic amines is 1. The van der Waals surface area contributed by atoms with Gasteiger partial charge in [-0.1, -0.05) is 0 Å². The summed E-state index contributed by atoms with van der Waals surface area (Å²) in [5, 5.41) is 0. The summed E-state index contributed by atoms with van der Waals surface area (Å²) in [6, 6.07) is 3.50. The van der Waals surface area contributed by atoms with Gasteiger partial charge in [-0.2, -0.15) is 0 Å². The second kappa shape index (κ2) is 7.60. The molecule has 0 unspecified atom stereocenters. The largest absolute Gasteiger partial charge is 0.465 e. The van der Waals surface area contributed by atoms with E-state index < -0.39 is 30.1 Å². The number of esters is 2. The molecule has 0 saturated heterocycles. The maximum Gasteiger partial charge on any atom is 0.339 e. The van der Waals surface area contributed by atoms with Crippen molar-refractivity contribution in [1.29, 1.82) is 0 Å². The molecule has 25 heavy (non-hydrogen) atoms. The summed E-state index contributed by atoms with van der Waals surface area (Å²) in [7, 11) is 1.25. The van der Waals surface area contributed by atoms with Crippen LogP contribution in [-0.2, 0) is 9.47 Å². The van der Waals surface area contributed by atoms with E-state index in [-0.39, 0.29) is 21.3 Å². The lowest BCUT2D eigenvalue weighted by molar-refractivity contribution is 0.0472. The number of nitrogens with one attached hydrogen (secondary N) is 1. The highest BCUT2D eigenvalue weighted by Crippen LogP contribution is 2.21. The van der Waals surface area contributed by atoms with E-state index in [1.807, 2.05) is 0 Å².